The topological polar surface area (TPSA) is 20.2 Å². The van der Waals surface area contributed by atoms with E-state index in [1.54, 1.807) is 5.57 Å². The van der Waals surface area contributed by atoms with Crippen LogP contribution in [-0.2, 0) is 0 Å². The molecule has 0 heterocycles. The second-order valence-corrected chi connectivity index (χ2v) is 5.72. The van der Waals surface area contributed by atoms with Crippen LogP contribution in [0.1, 0.15) is 40.0 Å². The van der Waals surface area contributed by atoms with Gasteiger partial charge in [-0.15, -0.1) is 0 Å². The maximum Gasteiger partial charge on any atom is 0.0642 e. The van der Waals surface area contributed by atoms with Crippen molar-refractivity contribution in [3.05, 3.63) is 23.3 Å². The van der Waals surface area contributed by atoms with Crippen LogP contribution in [0.4, 0.5) is 0 Å². The summed E-state index contributed by atoms with van der Waals surface area (Å²) < 4.78 is 0. The molecule has 2 saturated carbocycles. The summed E-state index contributed by atoms with van der Waals surface area (Å²) in [4.78, 5) is 0. The molecule has 2 aliphatic rings. The zero-order valence-corrected chi connectivity index (χ0v) is 10.1. The Hall–Kier alpha value is -0.560. The Morgan fingerprint density at radius 3 is 2.73 bits per heavy atom. The Kier molecular flexibility index (Phi) is 2.76. The fourth-order valence-corrected chi connectivity index (χ4v) is 3.32. The summed E-state index contributed by atoms with van der Waals surface area (Å²) in [5.41, 5.74) is 3.07. The van der Waals surface area contributed by atoms with Crippen LogP contribution in [0.15, 0.2) is 23.3 Å². The first-order chi connectivity index (χ1) is 7.05. The molecule has 1 heteroatoms. The second-order valence-electron chi connectivity index (χ2n) is 5.72. The van der Waals surface area contributed by atoms with E-state index < -0.39 is 0 Å². The molecule has 0 saturated heterocycles. The largest absolute Gasteiger partial charge is 0.392 e. The lowest BCUT2D eigenvalue weighted by atomic mass is 9.72. The molecule has 2 bridgehead atoms. The Bertz CT molecular complexity index is 309. The highest BCUT2D eigenvalue weighted by molar-refractivity contribution is 5.30. The maximum absolute atomic E-state index is 8.97. The molecule has 1 nitrogen and oxygen atoms in total. The molecule has 0 aromatic rings. The summed E-state index contributed by atoms with van der Waals surface area (Å²) in [7, 11) is 0. The molecule has 0 amide bonds. The quantitative estimate of drug-likeness (QED) is 0.735. The summed E-state index contributed by atoms with van der Waals surface area (Å²) in [6.45, 7) is 6.92. The molecular formula is C14H22O. The molecule has 2 rings (SSSR count). The van der Waals surface area contributed by atoms with E-state index in [4.69, 9.17) is 5.11 Å². The van der Waals surface area contributed by atoms with Gasteiger partial charge in [0.1, 0.15) is 0 Å². The number of aliphatic hydroxyl groups excluding tert-OH is 1. The average molecular weight is 206 g/mol. The summed E-state index contributed by atoms with van der Waals surface area (Å²) in [5.74, 6) is 1.73. The number of rotatable bonds is 2. The highest BCUT2D eigenvalue weighted by atomic mass is 16.3. The van der Waals surface area contributed by atoms with Crippen molar-refractivity contribution in [3.8, 4) is 0 Å². The first kappa shape index (κ1) is 10.9. The van der Waals surface area contributed by atoms with Crippen molar-refractivity contribution in [1.29, 1.82) is 0 Å². The van der Waals surface area contributed by atoms with Crippen LogP contribution in [0.2, 0.25) is 0 Å². The van der Waals surface area contributed by atoms with Gasteiger partial charge in [-0.25, -0.2) is 0 Å². The van der Waals surface area contributed by atoms with E-state index in [-0.39, 0.29) is 6.61 Å². The molecule has 0 aromatic carbocycles. The van der Waals surface area contributed by atoms with Gasteiger partial charge in [0, 0.05) is 0 Å². The molecule has 0 aliphatic heterocycles. The SMILES string of the molecule is CC(=CC=C1C2CCC(C2)C1(C)C)CO. The molecule has 2 fully saturated rings. The van der Waals surface area contributed by atoms with Crippen molar-refractivity contribution in [2.75, 3.05) is 6.61 Å². The molecule has 2 unspecified atom stereocenters. The van der Waals surface area contributed by atoms with E-state index in [1.165, 1.54) is 19.3 Å². The molecule has 1 N–H and O–H groups in total. The normalized spacial score (nSPS) is 36.5. The lowest BCUT2D eigenvalue weighted by Gasteiger charge is -2.32. The number of aliphatic hydroxyl groups is 1. The molecular weight excluding hydrogens is 184 g/mol. The van der Waals surface area contributed by atoms with Crippen LogP contribution < -0.4 is 0 Å². The van der Waals surface area contributed by atoms with Gasteiger partial charge in [-0.1, -0.05) is 31.6 Å². The van der Waals surface area contributed by atoms with Crippen molar-refractivity contribution in [1.82, 2.24) is 0 Å². The number of fused-ring (bicyclic) bond motifs is 2. The Morgan fingerprint density at radius 2 is 2.20 bits per heavy atom. The van der Waals surface area contributed by atoms with E-state index in [9.17, 15) is 0 Å². The van der Waals surface area contributed by atoms with Gasteiger partial charge in [0.25, 0.3) is 0 Å². The van der Waals surface area contributed by atoms with Crippen molar-refractivity contribution in [3.63, 3.8) is 0 Å². The van der Waals surface area contributed by atoms with Crippen molar-refractivity contribution >= 4 is 0 Å². The third kappa shape index (κ3) is 1.78. The van der Waals surface area contributed by atoms with Gasteiger partial charge in [0.2, 0.25) is 0 Å². The maximum atomic E-state index is 8.97. The van der Waals surface area contributed by atoms with Gasteiger partial charge in [-0.05, 0) is 49.0 Å². The third-order valence-electron chi connectivity index (χ3n) is 4.43. The molecule has 2 aliphatic carbocycles. The molecule has 15 heavy (non-hydrogen) atoms. The Labute approximate surface area is 92.9 Å². The molecule has 0 aromatic heterocycles. The summed E-state index contributed by atoms with van der Waals surface area (Å²) in [6.07, 6.45) is 8.56. The lowest BCUT2D eigenvalue weighted by Crippen LogP contribution is -2.22. The lowest BCUT2D eigenvalue weighted by molar-refractivity contribution is 0.288. The Morgan fingerprint density at radius 1 is 1.47 bits per heavy atom. The fraction of sp³-hybridized carbons (Fsp3) is 0.714. The zero-order chi connectivity index (χ0) is 11.1. The smallest absolute Gasteiger partial charge is 0.0642 e. The summed E-state index contributed by atoms with van der Waals surface area (Å²) in [6, 6.07) is 0. The van der Waals surface area contributed by atoms with E-state index in [0.717, 1.165) is 17.4 Å². The average Bonchev–Trinajstić information content (AvgIpc) is 2.74. The first-order valence-corrected chi connectivity index (χ1v) is 6.04. The van der Waals surface area contributed by atoms with Crippen LogP contribution in [0.25, 0.3) is 0 Å². The Balaban J connectivity index is 2.22. The van der Waals surface area contributed by atoms with Gasteiger partial charge >= 0.3 is 0 Å². The highest BCUT2D eigenvalue weighted by Gasteiger charge is 2.48. The monoisotopic (exact) mass is 206 g/mol. The van der Waals surface area contributed by atoms with Crippen molar-refractivity contribution < 1.29 is 5.11 Å². The fourth-order valence-electron chi connectivity index (χ4n) is 3.32. The van der Waals surface area contributed by atoms with E-state index in [0.29, 0.717) is 5.41 Å². The number of allylic oxidation sites excluding steroid dienone is 3. The molecule has 0 radical (unpaired) electrons. The highest BCUT2D eigenvalue weighted by Crippen LogP contribution is 2.58. The minimum Gasteiger partial charge on any atom is -0.392 e. The predicted octanol–water partition coefficient (Wildman–Crippen LogP) is 3.31. The van der Waals surface area contributed by atoms with Gasteiger partial charge in [-0.3, -0.25) is 0 Å². The minimum atomic E-state index is 0.179. The summed E-state index contributed by atoms with van der Waals surface area (Å²) in [5, 5.41) is 8.97. The van der Waals surface area contributed by atoms with Crippen LogP contribution in [0, 0.1) is 17.3 Å². The van der Waals surface area contributed by atoms with Gasteiger partial charge in [0.15, 0.2) is 0 Å². The first-order valence-electron chi connectivity index (χ1n) is 6.04. The van der Waals surface area contributed by atoms with E-state index in [2.05, 4.69) is 26.0 Å². The van der Waals surface area contributed by atoms with E-state index in [1.807, 2.05) is 6.92 Å². The van der Waals surface area contributed by atoms with Gasteiger partial charge in [-0.2, -0.15) is 0 Å². The molecule has 2 atom stereocenters. The zero-order valence-electron chi connectivity index (χ0n) is 10.1. The predicted molar refractivity (Wildman–Crippen MR) is 63.5 cm³/mol. The van der Waals surface area contributed by atoms with Crippen LogP contribution in [0.3, 0.4) is 0 Å². The van der Waals surface area contributed by atoms with Gasteiger partial charge in [0.05, 0.1) is 6.61 Å². The third-order valence-corrected chi connectivity index (χ3v) is 4.43. The van der Waals surface area contributed by atoms with Crippen LogP contribution in [0.5, 0.6) is 0 Å². The molecule has 0 spiro atoms. The van der Waals surface area contributed by atoms with Crippen LogP contribution >= 0.6 is 0 Å². The number of hydrogen-bond donors (Lipinski definition) is 1. The van der Waals surface area contributed by atoms with E-state index >= 15 is 0 Å². The summed E-state index contributed by atoms with van der Waals surface area (Å²) >= 11 is 0. The minimum absolute atomic E-state index is 0.179. The second kappa shape index (κ2) is 3.79. The van der Waals surface area contributed by atoms with Crippen molar-refractivity contribution in [2.45, 2.75) is 40.0 Å². The number of hydrogen-bond acceptors (Lipinski definition) is 1. The molecule has 84 valence electrons. The van der Waals surface area contributed by atoms with Crippen LogP contribution in [-0.4, -0.2) is 11.7 Å². The van der Waals surface area contributed by atoms with Crippen molar-refractivity contribution in [2.24, 2.45) is 17.3 Å². The standard InChI is InChI=1S/C14H22O/c1-10(9-15)4-7-13-11-5-6-12(8-11)14(13,2)3/h4,7,11-12,15H,5-6,8-9H2,1-3H3. The van der Waals surface area contributed by atoms with Gasteiger partial charge < -0.3 is 5.11 Å².